The number of carbonyl (C=O) groups excluding carboxylic acids is 1. The molecule has 0 aliphatic carbocycles. The maximum atomic E-state index is 12.8. The molecule has 23 heavy (non-hydrogen) atoms. The Kier molecular flexibility index (Phi) is 4.33. The van der Waals surface area contributed by atoms with Crippen LogP contribution in [0.25, 0.3) is 0 Å². The van der Waals surface area contributed by atoms with Crippen molar-refractivity contribution >= 4 is 16.0 Å². The molecule has 0 bridgehead atoms. The molecular weight excluding hydrogens is 335 g/mol. The Morgan fingerprint density at radius 1 is 1.00 bits per heavy atom. The van der Waals surface area contributed by atoms with Gasteiger partial charge < -0.3 is 9.92 Å². The topological polar surface area (TPSA) is 86.5 Å². The first kappa shape index (κ1) is 16.8. The molecule has 5 nitrogen and oxygen atoms in total. The Morgan fingerprint density at radius 2 is 1.57 bits per heavy atom. The van der Waals surface area contributed by atoms with Crippen molar-refractivity contribution in [3.05, 3.63) is 59.7 Å². The lowest BCUT2D eigenvalue weighted by Gasteiger charge is -2.13. The van der Waals surface area contributed by atoms with Crippen molar-refractivity contribution in [3.8, 4) is 5.75 Å². The van der Waals surface area contributed by atoms with E-state index in [4.69, 9.17) is 5.73 Å². The molecule has 0 spiro atoms. The standard InChI is InChI=1S/C14H10F3NO4S/c15-14(16,17)11-3-1-2-4-12(11)22-23(20,21)10-7-5-9(6-8-10)13(18)19/h1-8H,(H2,18,19). The molecule has 2 aromatic carbocycles. The number of carbonyl (C=O) groups is 1. The van der Waals surface area contributed by atoms with Crippen LogP contribution in [0.1, 0.15) is 15.9 Å². The number of hydrogen-bond donors (Lipinski definition) is 1. The Labute approximate surface area is 129 Å². The molecule has 0 saturated carbocycles. The van der Waals surface area contributed by atoms with Gasteiger partial charge in [-0.25, -0.2) is 0 Å². The van der Waals surface area contributed by atoms with E-state index in [-0.39, 0.29) is 5.56 Å². The first-order chi connectivity index (χ1) is 10.6. The number of hydrogen-bond acceptors (Lipinski definition) is 4. The number of benzene rings is 2. The van der Waals surface area contributed by atoms with Crippen LogP contribution in [0.15, 0.2) is 53.4 Å². The smallest absolute Gasteiger partial charge is 0.378 e. The largest absolute Gasteiger partial charge is 0.420 e. The van der Waals surface area contributed by atoms with Crippen molar-refractivity contribution < 1.29 is 30.6 Å². The van der Waals surface area contributed by atoms with Gasteiger partial charge in [-0.1, -0.05) is 12.1 Å². The molecule has 0 aliphatic heterocycles. The van der Waals surface area contributed by atoms with E-state index in [0.717, 1.165) is 36.4 Å². The normalized spacial score (nSPS) is 12.0. The molecule has 122 valence electrons. The molecule has 0 aromatic heterocycles. The summed E-state index contributed by atoms with van der Waals surface area (Å²) in [4.78, 5) is 10.5. The summed E-state index contributed by atoms with van der Waals surface area (Å²) in [5, 5.41) is 0. The van der Waals surface area contributed by atoms with Crippen molar-refractivity contribution in [2.45, 2.75) is 11.1 Å². The fourth-order valence-electron chi connectivity index (χ4n) is 1.73. The minimum absolute atomic E-state index is 0.0552. The highest BCUT2D eigenvalue weighted by Crippen LogP contribution is 2.37. The third-order valence-electron chi connectivity index (χ3n) is 2.82. The van der Waals surface area contributed by atoms with E-state index < -0.39 is 38.4 Å². The molecule has 0 aliphatic rings. The fourth-order valence-corrected chi connectivity index (χ4v) is 2.67. The number of alkyl halides is 3. The van der Waals surface area contributed by atoms with Crippen LogP contribution in [0, 0.1) is 0 Å². The molecule has 0 fully saturated rings. The van der Waals surface area contributed by atoms with Gasteiger partial charge in [-0.05, 0) is 36.4 Å². The van der Waals surface area contributed by atoms with E-state index in [9.17, 15) is 26.4 Å². The van der Waals surface area contributed by atoms with Crippen molar-refractivity contribution in [1.82, 2.24) is 0 Å². The van der Waals surface area contributed by atoms with Crippen LogP contribution in [-0.2, 0) is 16.3 Å². The van der Waals surface area contributed by atoms with Gasteiger partial charge in [-0.15, -0.1) is 0 Å². The highest BCUT2D eigenvalue weighted by Gasteiger charge is 2.35. The average Bonchev–Trinajstić information content (AvgIpc) is 2.46. The summed E-state index contributed by atoms with van der Waals surface area (Å²) in [5.41, 5.74) is 3.86. The number of halogens is 3. The molecule has 0 saturated heterocycles. The highest BCUT2D eigenvalue weighted by molar-refractivity contribution is 7.87. The van der Waals surface area contributed by atoms with Crippen molar-refractivity contribution in [1.29, 1.82) is 0 Å². The van der Waals surface area contributed by atoms with Gasteiger partial charge in [0.2, 0.25) is 5.91 Å². The van der Waals surface area contributed by atoms with Crippen LogP contribution in [0.5, 0.6) is 5.75 Å². The molecule has 0 radical (unpaired) electrons. The summed E-state index contributed by atoms with van der Waals surface area (Å²) in [6.45, 7) is 0. The number of nitrogens with two attached hydrogens (primary N) is 1. The second kappa shape index (κ2) is 5.92. The Balaban J connectivity index is 2.38. The first-order valence-electron chi connectivity index (χ1n) is 6.12. The van der Waals surface area contributed by atoms with E-state index in [1.54, 1.807) is 0 Å². The Hall–Kier alpha value is -2.55. The summed E-state index contributed by atoms with van der Waals surface area (Å²) < 4.78 is 67.2. The van der Waals surface area contributed by atoms with Crippen LogP contribution in [-0.4, -0.2) is 14.3 Å². The second-order valence-corrected chi connectivity index (χ2v) is 5.97. The first-order valence-corrected chi connectivity index (χ1v) is 7.52. The van der Waals surface area contributed by atoms with E-state index in [0.29, 0.717) is 6.07 Å². The fraction of sp³-hybridized carbons (Fsp3) is 0.0714. The zero-order chi connectivity index (χ0) is 17.3. The molecule has 0 heterocycles. The number of primary amides is 1. The molecule has 0 atom stereocenters. The van der Waals surface area contributed by atoms with Gasteiger partial charge in [-0.3, -0.25) is 4.79 Å². The predicted molar refractivity (Wildman–Crippen MR) is 74.2 cm³/mol. The van der Waals surface area contributed by atoms with Crippen molar-refractivity contribution in [2.24, 2.45) is 5.73 Å². The third-order valence-corrected chi connectivity index (χ3v) is 4.07. The maximum absolute atomic E-state index is 12.8. The Morgan fingerprint density at radius 3 is 2.09 bits per heavy atom. The molecular formula is C14H10F3NO4S. The molecule has 2 N–H and O–H groups in total. The Bertz CT molecular complexity index is 830. The lowest BCUT2D eigenvalue weighted by Crippen LogP contribution is -2.15. The lowest BCUT2D eigenvalue weighted by atomic mass is 10.2. The summed E-state index contributed by atoms with van der Waals surface area (Å²) in [7, 11) is -4.49. The second-order valence-electron chi connectivity index (χ2n) is 4.42. The van der Waals surface area contributed by atoms with Crippen LogP contribution in [0.2, 0.25) is 0 Å². The monoisotopic (exact) mass is 345 g/mol. The minimum Gasteiger partial charge on any atom is -0.378 e. The van der Waals surface area contributed by atoms with Gasteiger partial charge in [0.05, 0.1) is 5.56 Å². The molecule has 2 rings (SSSR count). The van der Waals surface area contributed by atoms with E-state index >= 15 is 0 Å². The quantitative estimate of drug-likeness (QED) is 0.863. The summed E-state index contributed by atoms with van der Waals surface area (Å²) in [6, 6.07) is 8.25. The predicted octanol–water partition coefficient (Wildman–Crippen LogP) is 2.57. The van der Waals surface area contributed by atoms with Gasteiger partial charge in [0, 0.05) is 5.56 Å². The molecule has 0 unspecified atom stereocenters. The zero-order valence-electron chi connectivity index (χ0n) is 11.4. The molecule has 1 amide bonds. The maximum Gasteiger partial charge on any atom is 0.420 e. The summed E-state index contributed by atoms with van der Waals surface area (Å²) in [6.07, 6.45) is -4.76. The van der Waals surface area contributed by atoms with Crippen molar-refractivity contribution in [2.75, 3.05) is 0 Å². The van der Waals surface area contributed by atoms with E-state index in [1.807, 2.05) is 0 Å². The third kappa shape index (κ3) is 3.81. The summed E-state index contributed by atoms with van der Waals surface area (Å²) >= 11 is 0. The SMILES string of the molecule is NC(=O)c1ccc(S(=O)(=O)Oc2ccccc2C(F)(F)F)cc1. The van der Waals surface area contributed by atoms with Crippen LogP contribution in [0.3, 0.4) is 0 Å². The van der Waals surface area contributed by atoms with E-state index in [1.165, 1.54) is 6.07 Å². The van der Waals surface area contributed by atoms with Crippen LogP contribution < -0.4 is 9.92 Å². The number of para-hydroxylation sites is 1. The van der Waals surface area contributed by atoms with E-state index in [2.05, 4.69) is 4.18 Å². The van der Waals surface area contributed by atoms with Gasteiger partial charge in [0.1, 0.15) is 4.90 Å². The lowest BCUT2D eigenvalue weighted by molar-refractivity contribution is -0.138. The number of amides is 1. The van der Waals surface area contributed by atoms with Gasteiger partial charge >= 0.3 is 16.3 Å². The van der Waals surface area contributed by atoms with Gasteiger partial charge in [0.25, 0.3) is 0 Å². The van der Waals surface area contributed by atoms with Crippen molar-refractivity contribution in [3.63, 3.8) is 0 Å². The molecule has 9 heteroatoms. The van der Waals surface area contributed by atoms with Crippen LogP contribution in [0.4, 0.5) is 13.2 Å². The van der Waals surface area contributed by atoms with Crippen LogP contribution >= 0.6 is 0 Å². The number of rotatable bonds is 4. The molecule has 2 aromatic rings. The van der Waals surface area contributed by atoms with Gasteiger partial charge in [-0.2, -0.15) is 21.6 Å². The minimum atomic E-state index is -4.76. The zero-order valence-corrected chi connectivity index (χ0v) is 12.2. The highest BCUT2D eigenvalue weighted by atomic mass is 32.2. The average molecular weight is 345 g/mol. The van der Waals surface area contributed by atoms with Gasteiger partial charge in [0.15, 0.2) is 5.75 Å². The summed E-state index contributed by atoms with van der Waals surface area (Å²) in [5.74, 6) is -1.60.